The van der Waals surface area contributed by atoms with Gasteiger partial charge in [-0.2, -0.15) is 0 Å². The highest BCUT2D eigenvalue weighted by Crippen LogP contribution is 2.16. The third-order valence-electron chi connectivity index (χ3n) is 12.8. The second kappa shape index (κ2) is 56.0. The highest BCUT2D eigenvalue weighted by molar-refractivity contribution is 5.71. The van der Waals surface area contributed by atoms with Gasteiger partial charge in [-0.15, -0.1) is 0 Å². The fraction of sp³-hybridized carbons (Fsp3) is 0.820. The minimum Gasteiger partial charge on any atom is -0.462 e. The van der Waals surface area contributed by atoms with Gasteiger partial charge < -0.3 is 14.2 Å². The molecule has 0 rings (SSSR count). The van der Waals surface area contributed by atoms with Crippen LogP contribution in [0.25, 0.3) is 0 Å². The smallest absolute Gasteiger partial charge is 0.306 e. The lowest BCUT2D eigenvalue weighted by atomic mass is 10.0. The predicted octanol–water partition coefficient (Wildman–Crippen LogP) is 19.4. The fourth-order valence-electron chi connectivity index (χ4n) is 8.45. The van der Waals surface area contributed by atoms with Crippen molar-refractivity contribution in [3.63, 3.8) is 0 Å². The first-order valence-corrected chi connectivity index (χ1v) is 29.1. The van der Waals surface area contributed by atoms with Gasteiger partial charge in [-0.3, -0.25) is 14.4 Å². The lowest BCUT2D eigenvalue weighted by molar-refractivity contribution is -0.167. The van der Waals surface area contributed by atoms with Crippen molar-refractivity contribution < 1.29 is 28.6 Å². The molecule has 0 aliphatic rings. The van der Waals surface area contributed by atoms with Crippen LogP contribution in [0.5, 0.6) is 0 Å². The number of unbranched alkanes of at least 4 members (excludes halogenated alkanes) is 34. The Hall–Kier alpha value is -2.63. The van der Waals surface area contributed by atoms with Gasteiger partial charge in [-0.1, -0.05) is 256 Å². The normalized spacial score (nSPS) is 12.3. The third-order valence-corrected chi connectivity index (χ3v) is 12.8. The molecular weight excluding hydrogens is 829 g/mol. The number of hydrogen-bond acceptors (Lipinski definition) is 6. The van der Waals surface area contributed by atoms with E-state index >= 15 is 0 Å². The van der Waals surface area contributed by atoms with Crippen LogP contribution in [0.15, 0.2) is 48.6 Å². The molecule has 0 aromatic rings. The summed E-state index contributed by atoms with van der Waals surface area (Å²) >= 11 is 0. The first-order valence-electron chi connectivity index (χ1n) is 29.1. The Morgan fingerprint density at radius 1 is 0.313 bits per heavy atom. The highest BCUT2D eigenvalue weighted by Gasteiger charge is 2.19. The van der Waals surface area contributed by atoms with E-state index in [4.69, 9.17) is 14.2 Å². The second-order valence-corrected chi connectivity index (χ2v) is 19.5. The van der Waals surface area contributed by atoms with Crippen molar-refractivity contribution in [1.82, 2.24) is 0 Å². The van der Waals surface area contributed by atoms with E-state index in [0.717, 1.165) is 96.3 Å². The van der Waals surface area contributed by atoms with Crippen LogP contribution in [0, 0.1) is 0 Å². The molecule has 0 aromatic heterocycles. The molecule has 1 atom stereocenters. The summed E-state index contributed by atoms with van der Waals surface area (Å²) in [6.07, 6.45) is 68.3. The Balaban J connectivity index is 4.26. The first-order chi connectivity index (χ1) is 33.0. The molecule has 6 heteroatoms. The summed E-state index contributed by atoms with van der Waals surface area (Å²) in [7, 11) is 0. The molecule has 390 valence electrons. The van der Waals surface area contributed by atoms with Crippen LogP contribution in [0.2, 0.25) is 0 Å². The van der Waals surface area contributed by atoms with Crippen LogP contribution in [-0.4, -0.2) is 37.2 Å². The number of hydrogen-bond donors (Lipinski definition) is 0. The summed E-state index contributed by atoms with van der Waals surface area (Å²) in [4.78, 5) is 38.1. The van der Waals surface area contributed by atoms with E-state index in [1.54, 1.807) is 0 Å². The molecular formula is C61H110O6. The molecule has 0 aromatic carbocycles. The van der Waals surface area contributed by atoms with Crippen LogP contribution in [0.1, 0.15) is 303 Å². The van der Waals surface area contributed by atoms with Crippen LogP contribution in [-0.2, 0) is 28.6 Å². The van der Waals surface area contributed by atoms with Crippen LogP contribution in [0.3, 0.4) is 0 Å². The van der Waals surface area contributed by atoms with Crippen molar-refractivity contribution in [1.29, 1.82) is 0 Å². The van der Waals surface area contributed by atoms with Crippen LogP contribution in [0.4, 0.5) is 0 Å². The van der Waals surface area contributed by atoms with Crippen molar-refractivity contribution >= 4 is 17.9 Å². The zero-order valence-electron chi connectivity index (χ0n) is 44.7. The monoisotopic (exact) mass is 939 g/mol. The molecule has 0 N–H and O–H groups in total. The zero-order chi connectivity index (χ0) is 48.6. The van der Waals surface area contributed by atoms with E-state index in [9.17, 15) is 14.4 Å². The molecule has 0 fully saturated rings. The molecule has 0 saturated carbocycles. The molecule has 0 bridgehead atoms. The molecule has 6 nitrogen and oxygen atoms in total. The Morgan fingerprint density at radius 3 is 0.925 bits per heavy atom. The molecule has 0 saturated heterocycles. The topological polar surface area (TPSA) is 78.9 Å². The Kier molecular flexibility index (Phi) is 53.8. The summed E-state index contributed by atoms with van der Waals surface area (Å²) < 4.78 is 16.8. The van der Waals surface area contributed by atoms with Crippen LogP contribution >= 0.6 is 0 Å². The lowest BCUT2D eigenvalue weighted by Crippen LogP contribution is -2.30. The van der Waals surface area contributed by atoms with Gasteiger partial charge in [-0.05, 0) is 77.0 Å². The van der Waals surface area contributed by atoms with E-state index in [1.807, 2.05) is 0 Å². The van der Waals surface area contributed by atoms with Gasteiger partial charge in [0.1, 0.15) is 13.2 Å². The van der Waals surface area contributed by atoms with Gasteiger partial charge in [0.25, 0.3) is 0 Å². The largest absolute Gasteiger partial charge is 0.462 e. The number of esters is 3. The van der Waals surface area contributed by atoms with Crippen molar-refractivity contribution in [2.75, 3.05) is 13.2 Å². The maximum atomic E-state index is 12.8. The maximum absolute atomic E-state index is 12.8. The predicted molar refractivity (Wildman–Crippen MR) is 289 cm³/mol. The van der Waals surface area contributed by atoms with Gasteiger partial charge in [-0.25, -0.2) is 0 Å². The standard InChI is InChI=1S/C61H110O6/c1-4-7-10-13-16-19-22-24-26-27-28-29-30-31-32-33-35-36-39-42-45-48-51-54-60(63)66-57-58(56-65-59(62)53-50-47-44-41-38-21-18-15-12-9-6-3)67-61(64)55-52-49-46-43-40-37-34-25-23-20-17-14-11-8-5-2/h8,11,17,20,25,27-28,34,58H,4-7,9-10,12-16,18-19,21-24,26,29-33,35-57H2,1-3H3/b11-8-,20-17-,28-27-,34-25-. The zero-order valence-corrected chi connectivity index (χ0v) is 44.7. The summed E-state index contributed by atoms with van der Waals surface area (Å²) in [6, 6.07) is 0. The summed E-state index contributed by atoms with van der Waals surface area (Å²) in [5.74, 6) is -0.883. The molecule has 0 aliphatic carbocycles. The highest BCUT2D eigenvalue weighted by atomic mass is 16.6. The van der Waals surface area contributed by atoms with E-state index < -0.39 is 6.10 Å². The van der Waals surface area contributed by atoms with E-state index in [1.165, 1.54) is 167 Å². The van der Waals surface area contributed by atoms with Crippen molar-refractivity contribution in [2.45, 2.75) is 309 Å². The number of rotatable bonds is 53. The van der Waals surface area contributed by atoms with Crippen molar-refractivity contribution in [3.8, 4) is 0 Å². The number of carbonyl (C=O) groups is 3. The molecule has 0 radical (unpaired) electrons. The van der Waals surface area contributed by atoms with Gasteiger partial charge in [0.2, 0.25) is 0 Å². The number of allylic oxidation sites excluding steroid dienone is 8. The number of ether oxygens (including phenoxy) is 3. The van der Waals surface area contributed by atoms with E-state index in [2.05, 4.69) is 69.4 Å². The Morgan fingerprint density at radius 2 is 0.582 bits per heavy atom. The van der Waals surface area contributed by atoms with Gasteiger partial charge in [0.15, 0.2) is 6.10 Å². The Labute approximate surface area is 416 Å². The first kappa shape index (κ1) is 64.4. The average Bonchev–Trinajstić information content (AvgIpc) is 3.33. The SMILES string of the molecule is CC/C=C\C/C=C\C/C=C\CCCCCCCC(=O)OC(COC(=O)CCCCCCCCCCCCC)COC(=O)CCCCCCCCCCCCC/C=C\CCCCCCCCCC. The fourth-order valence-corrected chi connectivity index (χ4v) is 8.45. The minimum atomic E-state index is -0.779. The summed E-state index contributed by atoms with van der Waals surface area (Å²) in [5, 5.41) is 0. The molecule has 0 heterocycles. The quantitative estimate of drug-likeness (QED) is 0.0262. The van der Waals surface area contributed by atoms with Gasteiger partial charge in [0, 0.05) is 19.3 Å². The maximum Gasteiger partial charge on any atom is 0.306 e. The summed E-state index contributed by atoms with van der Waals surface area (Å²) in [5.41, 5.74) is 0. The molecule has 1 unspecified atom stereocenters. The second-order valence-electron chi connectivity index (χ2n) is 19.5. The summed E-state index contributed by atoms with van der Waals surface area (Å²) in [6.45, 7) is 6.54. The van der Waals surface area contributed by atoms with Crippen molar-refractivity contribution in [2.24, 2.45) is 0 Å². The Bertz CT molecular complexity index is 1170. The number of carbonyl (C=O) groups excluding carboxylic acids is 3. The molecule has 0 aliphatic heterocycles. The van der Waals surface area contributed by atoms with Gasteiger partial charge in [0.05, 0.1) is 0 Å². The van der Waals surface area contributed by atoms with Crippen LogP contribution < -0.4 is 0 Å². The molecule has 0 amide bonds. The third kappa shape index (κ3) is 54.2. The van der Waals surface area contributed by atoms with E-state index in [0.29, 0.717) is 19.3 Å². The minimum absolute atomic E-state index is 0.0775. The van der Waals surface area contributed by atoms with Crippen molar-refractivity contribution in [3.05, 3.63) is 48.6 Å². The lowest BCUT2D eigenvalue weighted by Gasteiger charge is -2.18. The molecule has 0 spiro atoms. The molecule has 67 heavy (non-hydrogen) atoms. The van der Waals surface area contributed by atoms with Gasteiger partial charge >= 0.3 is 17.9 Å². The van der Waals surface area contributed by atoms with E-state index in [-0.39, 0.29) is 31.1 Å². The average molecular weight is 940 g/mol.